The molecule has 0 aliphatic carbocycles. The molecule has 1 heterocycles. The number of nitriles is 1. The largest absolute Gasteiger partial charge is 0.497 e. The average Bonchev–Trinajstić information content (AvgIpc) is 2.86. The number of methoxy groups -OCH3 is 1. The van der Waals surface area contributed by atoms with Crippen LogP contribution in [0.5, 0.6) is 5.75 Å². The molecule has 1 aromatic heterocycles. The van der Waals surface area contributed by atoms with Gasteiger partial charge in [0.05, 0.1) is 12.6 Å². The van der Waals surface area contributed by atoms with Gasteiger partial charge in [-0.25, -0.2) is 0 Å². The molecule has 0 saturated heterocycles. The topological polar surface area (TPSA) is 67.0 Å². The van der Waals surface area contributed by atoms with Crippen LogP contribution in [0.25, 0.3) is 10.9 Å². The van der Waals surface area contributed by atoms with Crippen molar-refractivity contribution in [2.75, 3.05) is 12.4 Å². The molecule has 120 valence electrons. The molecule has 0 atom stereocenters. The number of amides is 1. The molecule has 0 spiro atoms. The van der Waals surface area contributed by atoms with Crippen LogP contribution in [-0.4, -0.2) is 17.6 Å². The molecule has 5 heteroatoms. The molecule has 0 bridgehead atoms. The Hall–Kier alpha value is -3.26. The summed E-state index contributed by atoms with van der Waals surface area (Å²) < 4.78 is 7.04. The number of anilines is 1. The molecule has 0 aliphatic rings. The second kappa shape index (κ2) is 6.09. The van der Waals surface area contributed by atoms with E-state index in [1.807, 2.05) is 44.3 Å². The van der Waals surface area contributed by atoms with Crippen molar-refractivity contribution < 1.29 is 9.53 Å². The fourth-order valence-corrected chi connectivity index (χ4v) is 2.77. The van der Waals surface area contributed by atoms with E-state index >= 15 is 0 Å². The van der Waals surface area contributed by atoms with E-state index in [0.29, 0.717) is 22.7 Å². The molecule has 1 N–H and O–H groups in total. The molecule has 3 aromatic rings. The smallest absolute Gasteiger partial charge is 0.256 e. The lowest BCUT2D eigenvalue weighted by Gasteiger charge is -2.08. The number of nitrogens with zero attached hydrogens (tertiary/aromatic N) is 2. The summed E-state index contributed by atoms with van der Waals surface area (Å²) in [4.78, 5) is 12.5. The maximum absolute atomic E-state index is 12.5. The van der Waals surface area contributed by atoms with Gasteiger partial charge in [0.25, 0.3) is 5.91 Å². The van der Waals surface area contributed by atoms with E-state index in [1.54, 1.807) is 23.8 Å². The number of fused-ring (bicyclic) bond motifs is 1. The third kappa shape index (κ3) is 2.59. The molecular formula is C19H17N3O2. The van der Waals surface area contributed by atoms with E-state index in [2.05, 4.69) is 11.4 Å². The summed E-state index contributed by atoms with van der Waals surface area (Å²) in [7, 11) is 3.41. The zero-order valence-electron chi connectivity index (χ0n) is 13.8. The predicted molar refractivity (Wildman–Crippen MR) is 93.3 cm³/mol. The van der Waals surface area contributed by atoms with Gasteiger partial charge in [0.1, 0.15) is 23.2 Å². The first-order valence-electron chi connectivity index (χ1n) is 7.49. The van der Waals surface area contributed by atoms with Crippen LogP contribution in [-0.2, 0) is 7.05 Å². The van der Waals surface area contributed by atoms with Crippen LogP contribution in [0.4, 0.5) is 5.82 Å². The highest BCUT2D eigenvalue weighted by Crippen LogP contribution is 2.31. The van der Waals surface area contributed by atoms with Crippen molar-refractivity contribution in [3.8, 4) is 11.8 Å². The van der Waals surface area contributed by atoms with E-state index in [-0.39, 0.29) is 5.91 Å². The standard InChI is InChI=1S/C19H17N3O2/c1-12-5-4-6-13(9-12)19(23)21-18-16(11-20)15-8-7-14(24-3)10-17(15)22(18)2/h4-10H,1-3H3,(H,21,23). The van der Waals surface area contributed by atoms with E-state index in [4.69, 9.17) is 4.74 Å². The van der Waals surface area contributed by atoms with Gasteiger partial charge in [-0.05, 0) is 31.2 Å². The number of ether oxygens (including phenoxy) is 1. The lowest BCUT2D eigenvalue weighted by atomic mass is 10.1. The van der Waals surface area contributed by atoms with Crippen LogP contribution in [0.3, 0.4) is 0 Å². The van der Waals surface area contributed by atoms with Crippen LogP contribution in [0.2, 0.25) is 0 Å². The van der Waals surface area contributed by atoms with Crippen molar-refractivity contribution in [3.63, 3.8) is 0 Å². The molecule has 2 aromatic carbocycles. The predicted octanol–water partition coefficient (Wildman–Crippen LogP) is 3.62. The van der Waals surface area contributed by atoms with Gasteiger partial charge in [-0.2, -0.15) is 5.26 Å². The summed E-state index contributed by atoms with van der Waals surface area (Å²) in [5, 5.41) is 13.2. The van der Waals surface area contributed by atoms with Gasteiger partial charge in [-0.1, -0.05) is 17.7 Å². The first-order chi connectivity index (χ1) is 11.5. The second-order valence-corrected chi connectivity index (χ2v) is 5.60. The number of benzene rings is 2. The van der Waals surface area contributed by atoms with Crippen molar-refractivity contribution in [1.29, 1.82) is 5.26 Å². The van der Waals surface area contributed by atoms with E-state index in [1.165, 1.54) is 0 Å². The minimum absolute atomic E-state index is 0.243. The molecule has 0 saturated carbocycles. The summed E-state index contributed by atoms with van der Waals surface area (Å²) in [5.74, 6) is 0.935. The molecule has 0 aliphatic heterocycles. The molecular weight excluding hydrogens is 302 g/mol. The second-order valence-electron chi connectivity index (χ2n) is 5.60. The summed E-state index contributed by atoms with van der Waals surface area (Å²) >= 11 is 0. The molecule has 3 rings (SSSR count). The number of carbonyl (C=O) groups is 1. The van der Waals surface area contributed by atoms with Gasteiger partial charge in [0.2, 0.25) is 0 Å². The lowest BCUT2D eigenvalue weighted by molar-refractivity contribution is 0.102. The minimum Gasteiger partial charge on any atom is -0.497 e. The van der Waals surface area contributed by atoms with E-state index < -0.39 is 0 Å². The van der Waals surface area contributed by atoms with Crippen LogP contribution >= 0.6 is 0 Å². The third-order valence-corrected chi connectivity index (χ3v) is 4.03. The van der Waals surface area contributed by atoms with Gasteiger partial charge in [0.15, 0.2) is 0 Å². The highest BCUT2D eigenvalue weighted by atomic mass is 16.5. The molecule has 0 fully saturated rings. The molecule has 0 unspecified atom stereocenters. The highest BCUT2D eigenvalue weighted by molar-refractivity contribution is 6.07. The number of aromatic nitrogens is 1. The highest BCUT2D eigenvalue weighted by Gasteiger charge is 2.18. The van der Waals surface area contributed by atoms with Crippen LogP contribution in [0, 0.1) is 18.3 Å². The fourth-order valence-electron chi connectivity index (χ4n) is 2.77. The van der Waals surface area contributed by atoms with Crippen LogP contribution in [0.1, 0.15) is 21.5 Å². The van der Waals surface area contributed by atoms with Crippen LogP contribution < -0.4 is 10.1 Å². The molecule has 0 radical (unpaired) electrons. The summed E-state index contributed by atoms with van der Waals surface area (Å²) in [6.45, 7) is 1.93. The Morgan fingerprint density at radius 3 is 2.71 bits per heavy atom. The Balaban J connectivity index is 2.07. The van der Waals surface area contributed by atoms with Crippen molar-refractivity contribution in [3.05, 3.63) is 59.2 Å². The Labute approximate surface area is 140 Å². The van der Waals surface area contributed by atoms with E-state index in [0.717, 1.165) is 16.5 Å². The van der Waals surface area contributed by atoms with Crippen molar-refractivity contribution >= 4 is 22.6 Å². The first-order valence-corrected chi connectivity index (χ1v) is 7.49. The molecule has 1 amide bonds. The summed E-state index contributed by atoms with van der Waals surface area (Å²) in [6.07, 6.45) is 0. The molecule has 24 heavy (non-hydrogen) atoms. The minimum atomic E-state index is -0.243. The van der Waals surface area contributed by atoms with Crippen molar-refractivity contribution in [1.82, 2.24) is 4.57 Å². The van der Waals surface area contributed by atoms with Gasteiger partial charge in [-0.3, -0.25) is 4.79 Å². The Bertz CT molecular complexity index is 980. The third-order valence-electron chi connectivity index (χ3n) is 4.03. The summed E-state index contributed by atoms with van der Waals surface area (Å²) in [6, 6.07) is 15.0. The number of carbonyl (C=O) groups excluding carboxylic acids is 1. The summed E-state index contributed by atoms with van der Waals surface area (Å²) in [5.41, 5.74) is 2.83. The zero-order valence-corrected chi connectivity index (χ0v) is 13.8. The Kier molecular flexibility index (Phi) is 3.97. The zero-order chi connectivity index (χ0) is 17.3. The number of aryl methyl sites for hydroxylation is 2. The normalized spacial score (nSPS) is 10.4. The van der Waals surface area contributed by atoms with Gasteiger partial charge in [0, 0.05) is 24.1 Å². The molecule has 5 nitrogen and oxygen atoms in total. The SMILES string of the molecule is COc1ccc2c(C#N)c(NC(=O)c3cccc(C)c3)n(C)c2c1. The number of hydrogen-bond donors (Lipinski definition) is 1. The maximum atomic E-state index is 12.5. The lowest BCUT2D eigenvalue weighted by Crippen LogP contribution is -2.15. The number of hydrogen-bond acceptors (Lipinski definition) is 3. The van der Waals surface area contributed by atoms with E-state index in [9.17, 15) is 10.1 Å². The van der Waals surface area contributed by atoms with Gasteiger partial charge >= 0.3 is 0 Å². The monoisotopic (exact) mass is 319 g/mol. The van der Waals surface area contributed by atoms with Crippen molar-refractivity contribution in [2.24, 2.45) is 7.05 Å². The first kappa shape index (κ1) is 15.6. The fraction of sp³-hybridized carbons (Fsp3) is 0.158. The Morgan fingerprint density at radius 1 is 1.25 bits per heavy atom. The van der Waals surface area contributed by atoms with Gasteiger partial charge in [-0.15, -0.1) is 0 Å². The Morgan fingerprint density at radius 2 is 2.04 bits per heavy atom. The maximum Gasteiger partial charge on any atom is 0.256 e. The quantitative estimate of drug-likeness (QED) is 0.802. The van der Waals surface area contributed by atoms with Gasteiger partial charge < -0.3 is 14.6 Å². The van der Waals surface area contributed by atoms with Crippen molar-refractivity contribution in [2.45, 2.75) is 6.92 Å². The van der Waals surface area contributed by atoms with Crippen LogP contribution in [0.15, 0.2) is 42.5 Å². The number of nitrogens with one attached hydrogen (secondary N) is 1. The average molecular weight is 319 g/mol. The number of rotatable bonds is 3.